The molecule has 0 saturated heterocycles. The molecular formula is C15H30O. The minimum atomic E-state index is 0.394. The molecule has 1 nitrogen and oxygen atoms in total. The van der Waals surface area contributed by atoms with Crippen LogP contribution in [0.5, 0.6) is 0 Å². The Morgan fingerprint density at radius 1 is 0.812 bits per heavy atom. The molecular weight excluding hydrogens is 196 g/mol. The van der Waals surface area contributed by atoms with Gasteiger partial charge in [0.25, 0.3) is 0 Å². The van der Waals surface area contributed by atoms with E-state index in [1.54, 1.807) is 0 Å². The molecule has 0 radical (unpaired) electrons. The molecule has 0 unspecified atom stereocenters. The summed E-state index contributed by atoms with van der Waals surface area (Å²) in [5.41, 5.74) is 0. The van der Waals surface area contributed by atoms with Crippen molar-refractivity contribution in [2.75, 3.05) is 6.61 Å². The molecule has 0 aromatic heterocycles. The van der Waals surface area contributed by atoms with Gasteiger partial charge in [0.15, 0.2) is 0 Å². The predicted molar refractivity (Wildman–Crippen MR) is 70.5 cm³/mol. The number of aliphatic hydroxyl groups excluding tert-OH is 1. The Hall–Kier alpha value is -0.0400. The smallest absolute Gasteiger partial charge is 0.0433 e. The van der Waals surface area contributed by atoms with Crippen LogP contribution in [-0.2, 0) is 0 Å². The molecule has 0 aromatic carbocycles. The highest BCUT2D eigenvalue weighted by Gasteiger charge is 2.13. The van der Waals surface area contributed by atoms with E-state index in [-0.39, 0.29) is 0 Å². The highest BCUT2D eigenvalue weighted by molar-refractivity contribution is 4.66. The van der Waals surface area contributed by atoms with E-state index in [9.17, 15) is 0 Å². The summed E-state index contributed by atoms with van der Waals surface area (Å²) in [5, 5.41) is 8.53. The summed E-state index contributed by atoms with van der Waals surface area (Å²) in [7, 11) is 0. The molecule has 2 fully saturated rings. The van der Waals surface area contributed by atoms with Gasteiger partial charge in [-0.05, 0) is 18.3 Å². The van der Waals surface area contributed by atoms with Crippen molar-refractivity contribution < 1.29 is 5.11 Å². The molecule has 2 aliphatic carbocycles. The standard InChI is InChI=1S/C8H16.C7H14O/c1-2-5-8-6-3-4-7-8;8-6-5-7-3-1-2-4-7/h8H,2-7H2,1H3;7-8H,1-6H2. The van der Waals surface area contributed by atoms with Gasteiger partial charge in [-0.15, -0.1) is 0 Å². The van der Waals surface area contributed by atoms with Crippen LogP contribution < -0.4 is 0 Å². The van der Waals surface area contributed by atoms with Crippen LogP contribution in [0.15, 0.2) is 0 Å². The third kappa shape index (κ3) is 5.89. The van der Waals surface area contributed by atoms with Gasteiger partial charge in [-0.1, -0.05) is 71.1 Å². The number of hydrogen-bond acceptors (Lipinski definition) is 1. The minimum absolute atomic E-state index is 0.394. The first-order valence-corrected chi connectivity index (χ1v) is 7.47. The van der Waals surface area contributed by atoms with Crippen LogP contribution in [0.3, 0.4) is 0 Å². The molecule has 0 aliphatic heterocycles. The second-order valence-corrected chi connectivity index (χ2v) is 5.60. The van der Waals surface area contributed by atoms with Gasteiger partial charge in [0.05, 0.1) is 0 Å². The Morgan fingerprint density at radius 3 is 1.62 bits per heavy atom. The van der Waals surface area contributed by atoms with E-state index in [1.807, 2.05) is 0 Å². The summed E-state index contributed by atoms with van der Waals surface area (Å²) in [6.07, 6.45) is 15.5. The Kier molecular flexibility index (Phi) is 7.92. The van der Waals surface area contributed by atoms with Crippen molar-refractivity contribution >= 4 is 0 Å². The van der Waals surface area contributed by atoms with Crippen molar-refractivity contribution in [1.82, 2.24) is 0 Å². The van der Waals surface area contributed by atoms with Crippen LogP contribution in [-0.4, -0.2) is 11.7 Å². The molecule has 2 saturated carbocycles. The second kappa shape index (κ2) is 9.04. The largest absolute Gasteiger partial charge is 0.396 e. The van der Waals surface area contributed by atoms with E-state index in [2.05, 4.69) is 6.92 Å². The molecule has 0 atom stereocenters. The van der Waals surface area contributed by atoms with Crippen LogP contribution >= 0.6 is 0 Å². The maximum atomic E-state index is 8.53. The average Bonchev–Trinajstić information content (AvgIpc) is 2.92. The number of aliphatic hydroxyl groups is 1. The predicted octanol–water partition coefficient (Wildman–Crippen LogP) is 4.54. The maximum absolute atomic E-state index is 8.53. The van der Waals surface area contributed by atoms with Crippen molar-refractivity contribution in [3.8, 4) is 0 Å². The lowest BCUT2D eigenvalue weighted by Gasteiger charge is -2.03. The molecule has 0 aromatic rings. The lowest BCUT2D eigenvalue weighted by atomic mass is 10.0. The first kappa shape index (κ1) is 14.0. The maximum Gasteiger partial charge on any atom is 0.0433 e. The summed E-state index contributed by atoms with van der Waals surface area (Å²) in [4.78, 5) is 0. The van der Waals surface area contributed by atoms with Crippen LogP contribution in [0.1, 0.15) is 77.6 Å². The van der Waals surface area contributed by atoms with Crippen molar-refractivity contribution in [2.45, 2.75) is 77.6 Å². The van der Waals surface area contributed by atoms with Crippen LogP contribution in [0.4, 0.5) is 0 Å². The third-order valence-corrected chi connectivity index (χ3v) is 4.18. The summed E-state index contributed by atoms with van der Waals surface area (Å²) < 4.78 is 0. The lowest BCUT2D eigenvalue weighted by molar-refractivity contribution is 0.258. The van der Waals surface area contributed by atoms with Crippen molar-refractivity contribution in [1.29, 1.82) is 0 Å². The van der Waals surface area contributed by atoms with E-state index in [4.69, 9.17) is 5.11 Å². The van der Waals surface area contributed by atoms with Gasteiger partial charge in [-0.2, -0.15) is 0 Å². The molecule has 16 heavy (non-hydrogen) atoms. The van der Waals surface area contributed by atoms with Gasteiger partial charge in [0, 0.05) is 6.61 Å². The fourth-order valence-corrected chi connectivity index (χ4v) is 3.19. The Morgan fingerprint density at radius 2 is 1.25 bits per heavy atom. The minimum Gasteiger partial charge on any atom is -0.396 e. The first-order valence-electron chi connectivity index (χ1n) is 7.47. The van der Waals surface area contributed by atoms with Gasteiger partial charge in [-0.3, -0.25) is 0 Å². The molecule has 1 heteroatoms. The second-order valence-electron chi connectivity index (χ2n) is 5.60. The molecule has 0 amide bonds. The highest BCUT2D eigenvalue weighted by atomic mass is 16.3. The van der Waals surface area contributed by atoms with E-state index >= 15 is 0 Å². The SMILES string of the molecule is CCCC1CCCC1.OCCC1CCCC1. The monoisotopic (exact) mass is 226 g/mol. The van der Waals surface area contributed by atoms with Crippen molar-refractivity contribution in [3.63, 3.8) is 0 Å². The Labute approximate surface area is 102 Å². The van der Waals surface area contributed by atoms with E-state index in [1.165, 1.54) is 64.2 Å². The van der Waals surface area contributed by atoms with Crippen LogP contribution in [0.2, 0.25) is 0 Å². The van der Waals surface area contributed by atoms with Gasteiger partial charge >= 0.3 is 0 Å². The molecule has 0 spiro atoms. The topological polar surface area (TPSA) is 20.2 Å². The Balaban J connectivity index is 0.000000160. The zero-order valence-corrected chi connectivity index (χ0v) is 11.1. The molecule has 2 rings (SSSR count). The normalized spacial score (nSPS) is 22.1. The fourth-order valence-electron chi connectivity index (χ4n) is 3.19. The molecule has 1 N–H and O–H groups in total. The molecule has 0 bridgehead atoms. The molecule has 96 valence electrons. The summed E-state index contributed by atoms with van der Waals surface area (Å²) in [5.74, 6) is 1.97. The Bertz CT molecular complexity index is 126. The zero-order valence-electron chi connectivity index (χ0n) is 11.1. The average molecular weight is 226 g/mol. The third-order valence-electron chi connectivity index (χ3n) is 4.18. The van der Waals surface area contributed by atoms with Gasteiger partial charge in [0.1, 0.15) is 0 Å². The highest BCUT2D eigenvalue weighted by Crippen LogP contribution is 2.28. The lowest BCUT2D eigenvalue weighted by Crippen LogP contribution is -1.95. The molecule has 0 heterocycles. The molecule has 2 aliphatic rings. The van der Waals surface area contributed by atoms with Gasteiger partial charge in [0.2, 0.25) is 0 Å². The van der Waals surface area contributed by atoms with Crippen molar-refractivity contribution in [2.24, 2.45) is 11.8 Å². The van der Waals surface area contributed by atoms with Gasteiger partial charge in [-0.25, -0.2) is 0 Å². The number of rotatable bonds is 4. The quantitative estimate of drug-likeness (QED) is 0.746. The van der Waals surface area contributed by atoms with Crippen molar-refractivity contribution in [3.05, 3.63) is 0 Å². The van der Waals surface area contributed by atoms with E-state index < -0.39 is 0 Å². The van der Waals surface area contributed by atoms with E-state index in [0.29, 0.717) is 6.61 Å². The number of hydrogen-bond donors (Lipinski definition) is 1. The van der Waals surface area contributed by atoms with Crippen LogP contribution in [0.25, 0.3) is 0 Å². The zero-order chi connectivity index (χ0) is 11.6. The van der Waals surface area contributed by atoms with Gasteiger partial charge < -0.3 is 5.11 Å². The summed E-state index contributed by atoms with van der Waals surface area (Å²) in [6.45, 7) is 2.68. The van der Waals surface area contributed by atoms with E-state index in [0.717, 1.165) is 18.3 Å². The van der Waals surface area contributed by atoms with Crippen LogP contribution in [0, 0.1) is 11.8 Å². The fraction of sp³-hybridized carbons (Fsp3) is 1.00. The first-order chi connectivity index (χ1) is 7.86. The summed E-state index contributed by atoms with van der Waals surface area (Å²) in [6, 6.07) is 0. The summed E-state index contributed by atoms with van der Waals surface area (Å²) >= 11 is 0.